The van der Waals surface area contributed by atoms with Gasteiger partial charge < -0.3 is 4.90 Å². The van der Waals surface area contributed by atoms with Gasteiger partial charge in [0.25, 0.3) is 0 Å². The predicted octanol–water partition coefficient (Wildman–Crippen LogP) is 2.23. The van der Waals surface area contributed by atoms with Gasteiger partial charge in [-0.15, -0.1) is 0 Å². The highest BCUT2D eigenvalue weighted by Gasteiger charge is 2.32. The SMILES string of the molecule is Cc1cc(C)cc(-n2ccnc2SCC(=O)N(C)C2CCS(=O)(=O)C2)c1. The molecule has 0 spiro atoms. The van der Waals surface area contributed by atoms with Crippen LogP contribution in [-0.4, -0.2) is 59.1 Å². The highest BCUT2D eigenvalue weighted by atomic mass is 32.2. The smallest absolute Gasteiger partial charge is 0.233 e. The fourth-order valence-corrected chi connectivity index (χ4v) is 5.87. The number of hydrogen-bond donors (Lipinski definition) is 0. The molecule has 1 aliphatic heterocycles. The molecule has 26 heavy (non-hydrogen) atoms. The van der Waals surface area contributed by atoms with E-state index >= 15 is 0 Å². The molecule has 1 unspecified atom stereocenters. The van der Waals surface area contributed by atoms with Gasteiger partial charge in [-0.3, -0.25) is 9.36 Å². The summed E-state index contributed by atoms with van der Waals surface area (Å²) in [6.07, 6.45) is 4.12. The number of carbonyl (C=O) groups is 1. The van der Waals surface area contributed by atoms with Crippen LogP contribution in [0.5, 0.6) is 0 Å². The Bertz CT molecular complexity index is 901. The standard InChI is InChI=1S/C18H23N3O3S2/c1-13-8-14(2)10-16(9-13)21-6-5-19-18(21)25-11-17(22)20(3)15-4-7-26(23,24)12-15/h5-6,8-10,15H,4,7,11-12H2,1-3H3. The summed E-state index contributed by atoms with van der Waals surface area (Å²) < 4.78 is 25.2. The summed E-state index contributed by atoms with van der Waals surface area (Å²) in [5, 5.41) is 0.746. The van der Waals surface area contributed by atoms with Crippen molar-refractivity contribution < 1.29 is 13.2 Å². The Morgan fingerprint density at radius 3 is 2.62 bits per heavy atom. The summed E-state index contributed by atoms with van der Waals surface area (Å²) >= 11 is 1.37. The third kappa shape index (κ3) is 4.29. The first-order chi connectivity index (χ1) is 12.2. The maximum Gasteiger partial charge on any atom is 0.233 e. The minimum absolute atomic E-state index is 0.0666. The number of sulfone groups is 1. The van der Waals surface area contributed by atoms with E-state index in [1.807, 2.05) is 24.6 Å². The summed E-state index contributed by atoms with van der Waals surface area (Å²) in [5.74, 6) is 0.387. The van der Waals surface area contributed by atoms with Crippen molar-refractivity contribution in [2.45, 2.75) is 31.5 Å². The average Bonchev–Trinajstić information content (AvgIpc) is 3.17. The van der Waals surface area contributed by atoms with E-state index in [9.17, 15) is 13.2 Å². The van der Waals surface area contributed by atoms with Crippen molar-refractivity contribution in [1.29, 1.82) is 0 Å². The van der Waals surface area contributed by atoms with Gasteiger partial charge in [0.2, 0.25) is 5.91 Å². The third-order valence-electron chi connectivity index (χ3n) is 4.57. The van der Waals surface area contributed by atoms with E-state index in [1.54, 1.807) is 18.1 Å². The van der Waals surface area contributed by atoms with Crippen molar-refractivity contribution in [3.05, 3.63) is 41.7 Å². The molecular weight excluding hydrogens is 370 g/mol. The van der Waals surface area contributed by atoms with Crippen molar-refractivity contribution >= 4 is 27.5 Å². The van der Waals surface area contributed by atoms with Gasteiger partial charge >= 0.3 is 0 Å². The maximum atomic E-state index is 12.5. The zero-order valence-corrected chi connectivity index (χ0v) is 16.8. The third-order valence-corrected chi connectivity index (χ3v) is 7.27. The van der Waals surface area contributed by atoms with E-state index in [0.29, 0.717) is 6.42 Å². The summed E-state index contributed by atoms with van der Waals surface area (Å²) in [6, 6.07) is 6.06. The molecule has 2 heterocycles. The molecule has 140 valence electrons. The number of aryl methyl sites for hydroxylation is 2. The Morgan fingerprint density at radius 2 is 2.00 bits per heavy atom. The van der Waals surface area contributed by atoms with Gasteiger partial charge in [-0.25, -0.2) is 13.4 Å². The van der Waals surface area contributed by atoms with Crippen molar-refractivity contribution in [1.82, 2.24) is 14.5 Å². The van der Waals surface area contributed by atoms with Crippen molar-refractivity contribution in [3.63, 3.8) is 0 Å². The van der Waals surface area contributed by atoms with Crippen LogP contribution in [0.1, 0.15) is 17.5 Å². The number of hydrogen-bond acceptors (Lipinski definition) is 5. The van der Waals surface area contributed by atoms with Crippen LogP contribution in [0.25, 0.3) is 5.69 Å². The molecule has 1 amide bonds. The molecule has 0 N–H and O–H groups in total. The number of rotatable bonds is 5. The topological polar surface area (TPSA) is 72.3 Å². The van der Waals surface area contributed by atoms with Crippen LogP contribution in [0.4, 0.5) is 0 Å². The van der Waals surface area contributed by atoms with Crippen molar-refractivity contribution in [3.8, 4) is 5.69 Å². The number of benzene rings is 1. The van der Waals surface area contributed by atoms with Crippen LogP contribution < -0.4 is 0 Å². The first kappa shape index (κ1) is 19.0. The summed E-state index contributed by atoms with van der Waals surface area (Å²) in [7, 11) is -1.31. The van der Waals surface area contributed by atoms with E-state index in [4.69, 9.17) is 0 Å². The minimum atomic E-state index is -3.00. The fourth-order valence-electron chi connectivity index (χ4n) is 3.20. The molecule has 1 saturated heterocycles. The van der Waals surface area contributed by atoms with E-state index in [-0.39, 0.29) is 29.2 Å². The first-order valence-electron chi connectivity index (χ1n) is 8.46. The molecule has 1 aromatic heterocycles. The van der Waals surface area contributed by atoms with Gasteiger partial charge in [0.05, 0.1) is 17.3 Å². The molecule has 1 aliphatic rings. The van der Waals surface area contributed by atoms with E-state index in [0.717, 1.165) is 10.8 Å². The number of imidazole rings is 1. The fraction of sp³-hybridized carbons (Fsp3) is 0.444. The van der Waals surface area contributed by atoms with Crippen LogP contribution in [0.3, 0.4) is 0 Å². The predicted molar refractivity (Wildman–Crippen MR) is 104 cm³/mol. The van der Waals surface area contributed by atoms with Crippen LogP contribution in [-0.2, 0) is 14.6 Å². The molecule has 1 aromatic carbocycles. The molecule has 0 aliphatic carbocycles. The molecule has 3 rings (SSSR count). The zero-order valence-electron chi connectivity index (χ0n) is 15.2. The highest BCUT2D eigenvalue weighted by Crippen LogP contribution is 2.23. The highest BCUT2D eigenvalue weighted by molar-refractivity contribution is 7.99. The normalized spacial score (nSPS) is 18.8. The molecule has 6 nitrogen and oxygen atoms in total. The molecule has 0 radical (unpaired) electrons. The summed E-state index contributed by atoms with van der Waals surface area (Å²) in [5.41, 5.74) is 3.36. The first-order valence-corrected chi connectivity index (χ1v) is 11.3. The summed E-state index contributed by atoms with van der Waals surface area (Å²) in [4.78, 5) is 18.4. The van der Waals surface area contributed by atoms with Crippen LogP contribution >= 0.6 is 11.8 Å². The number of aromatic nitrogens is 2. The largest absolute Gasteiger partial charge is 0.341 e. The van der Waals surface area contributed by atoms with Gasteiger partial charge in [-0.05, 0) is 43.5 Å². The lowest BCUT2D eigenvalue weighted by Gasteiger charge is -2.23. The van der Waals surface area contributed by atoms with E-state index < -0.39 is 9.84 Å². The Balaban J connectivity index is 1.67. The van der Waals surface area contributed by atoms with Gasteiger partial charge in [-0.2, -0.15) is 0 Å². The van der Waals surface area contributed by atoms with Crippen LogP contribution in [0.2, 0.25) is 0 Å². The molecule has 0 saturated carbocycles. The quantitative estimate of drug-likeness (QED) is 0.729. The van der Waals surface area contributed by atoms with E-state index in [1.165, 1.54) is 22.9 Å². The molecule has 1 fully saturated rings. The van der Waals surface area contributed by atoms with E-state index in [2.05, 4.69) is 23.2 Å². The second kappa shape index (κ2) is 7.44. The van der Waals surface area contributed by atoms with Crippen LogP contribution in [0.15, 0.2) is 35.7 Å². The average molecular weight is 394 g/mol. The van der Waals surface area contributed by atoms with Gasteiger partial charge in [0.15, 0.2) is 15.0 Å². The Hall–Kier alpha value is -1.80. The Morgan fingerprint density at radius 1 is 1.31 bits per heavy atom. The molecular formula is C18H23N3O3S2. The lowest BCUT2D eigenvalue weighted by Crippen LogP contribution is -2.38. The van der Waals surface area contributed by atoms with Crippen LogP contribution in [0, 0.1) is 13.8 Å². The Labute approximate surface area is 158 Å². The van der Waals surface area contributed by atoms with Crippen molar-refractivity contribution in [2.24, 2.45) is 0 Å². The maximum absolute atomic E-state index is 12.5. The molecule has 0 bridgehead atoms. The van der Waals surface area contributed by atoms with Gasteiger partial charge in [-0.1, -0.05) is 17.8 Å². The Kier molecular flexibility index (Phi) is 5.43. The number of amides is 1. The second-order valence-electron chi connectivity index (χ2n) is 6.78. The summed E-state index contributed by atoms with van der Waals surface area (Å²) in [6.45, 7) is 4.10. The molecule has 8 heteroatoms. The lowest BCUT2D eigenvalue weighted by atomic mass is 10.1. The molecule has 2 aromatic rings. The molecule has 1 atom stereocenters. The number of carbonyl (C=O) groups excluding carboxylic acids is 1. The zero-order chi connectivity index (χ0) is 18.9. The number of nitrogens with zero attached hydrogens (tertiary/aromatic N) is 3. The van der Waals surface area contributed by atoms with Gasteiger partial charge in [0, 0.05) is 31.2 Å². The monoisotopic (exact) mass is 393 g/mol. The van der Waals surface area contributed by atoms with Gasteiger partial charge in [0.1, 0.15) is 0 Å². The minimum Gasteiger partial charge on any atom is -0.341 e. The second-order valence-corrected chi connectivity index (χ2v) is 9.95. The lowest BCUT2D eigenvalue weighted by molar-refractivity contribution is -0.128. The van der Waals surface area contributed by atoms with Crippen molar-refractivity contribution in [2.75, 3.05) is 24.3 Å². The number of thioether (sulfide) groups is 1.